The van der Waals surface area contributed by atoms with E-state index in [1.54, 1.807) is 6.07 Å². The van der Waals surface area contributed by atoms with Crippen LogP contribution in [-0.4, -0.2) is 12.7 Å². The van der Waals surface area contributed by atoms with E-state index in [0.717, 1.165) is 28.3 Å². The van der Waals surface area contributed by atoms with E-state index >= 15 is 0 Å². The van der Waals surface area contributed by atoms with Gasteiger partial charge in [-0.1, -0.05) is 12.1 Å². The molecule has 1 aliphatic rings. The SMILES string of the molecule is Cc1c(NCc2ccc3c(c2)OCO3)cccc1C(N)=O. The Balaban J connectivity index is 1.76. The molecule has 3 N–H and O–H groups in total. The zero-order valence-electron chi connectivity index (χ0n) is 11.7. The zero-order valence-corrected chi connectivity index (χ0v) is 11.7. The smallest absolute Gasteiger partial charge is 0.249 e. The fourth-order valence-electron chi connectivity index (χ4n) is 2.34. The van der Waals surface area contributed by atoms with Gasteiger partial charge in [-0.15, -0.1) is 0 Å². The van der Waals surface area contributed by atoms with Gasteiger partial charge < -0.3 is 20.5 Å². The van der Waals surface area contributed by atoms with Gasteiger partial charge in [-0.25, -0.2) is 0 Å². The fourth-order valence-corrected chi connectivity index (χ4v) is 2.34. The summed E-state index contributed by atoms with van der Waals surface area (Å²) in [5, 5.41) is 3.31. The van der Waals surface area contributed by atoms with Crippen molar-refractivity contribution in [3.63, 3.8) is 0 Å². The molecule has 108 valence electrons. The van der Waals surface area contributed by atoms with Gasteiger partial charge in [-0.3, -0.25) is 4.79 Å². The molecule has 0 spiro atoms. The molecule has 1 amide bonds. The van der Waals surface area contributed by atoms with Crippen LogP contribution in [0.5, 0.6) is 11.5 Å². The number of hydrogen-bond donors (Lipinski definition) is 2. The number of nitrogens with one attached hydrogen (secondary N) is 1. The first-order valence-corrected chi connectivity index (χ1v) is 6.67. The van der Waals surface area contributed by atoms with Crippen LogP contribution in [0.4, 0.5) is 5.69 Å². The van der Waals surface area contributed by atoms with Crippen molar-refractivity contribution in [1.82, 2.24) is 0 Å². The molecule has 0 atom stereocenters. The molecule has 5 heteroatoms. The van der Waals surface area contributed by atoms with Crippen LogP contribution in [0, 0.1) is 6.92 Å². The third-order valence-corrected chi connectivity index (χ3v) is 3.52. The molecule has 3 rings (SSSR count). The highest BCUT2D eigenvalue weighted by atomic mass is 16.7. The van der Waals surface area contributed by atoms with Crippen LogP contribution in [0.15, 0.2) is 36.4 Å². The molecule has 0 aromatic heterocycles. The molecular weight excluding hydrogens is 268 g/mol. The molecule has 1 aliphatic heterocycles. The summed E-state index contributed by atoms with van der Waals surface area (Å²) in [4.78, 5) is 11.3. The van der Waals surface area contributed by atoms with Crippen molar-refractivity contribution in [3.05, 3.63) is 53.1 Å². The lowest BCUT2D eigenvalue weighted by molar-refractivity contribution is 0.0999. The second-order valence-corrected chi connectivity index (χ2v) is 4.88. The number of hydrogen-bond acceptors (Lipinski definition) is 4. The zero-order chi connectivity index (χ0) is 14.8. The highest BCUT2D eigenvalue weighted by Gasteiger charge is 2.13. The standard InChI is InChI=1S/C16H16N2O3/c1-10-12(16(17)19)3-2-4-13(10)18-8-11-5-6-14-15(7-11)21-9-20-14/h2-7,18H,8-9H2,1H3,(H2,17,19). The molecule has 0 unspecified atom stereocenters. The molecule has 2 aromatic carbocycles. The first-order chi connectivity index (χ1) is 10.1. The minimum Gasteiger partial charge on any atom is -0.454 e. The Hall–Kier alpha value is -2.69. The van der Waals surface area contributed by atoms with Gasteiger partial charge in [0.05, 0.1) is 0 Å². The van der Waals surface area contributed by atoms with E-state index in [1.807, 2.05) is 37.3 Å². The Morgan fingerprint density at radius 3 is 2.86 bits per heavy atom. The monoisotopic (exact) mass is 284 g/mol. The number of benzene rings is 2. The highest BCUT2D eigenvalue weighted by Crippen LogP contribution is 2.32. The Kier molecular flexibility index (Phi) is 3.39. The quantitative estimate of drug-likeness (QED) is 0.904. The Morgan fingerprint density at radius 1 is 1.24 bits per heavy atom. The second kappa shape index (κ2) is 5.36. The number of fused-ring (bicyclic) bond motifs is 1. The molecule has 0 bridgehead atoms. The third-order valence-electron chi connectivity index (χ3n) is 3.52. The molecule has 0 saturated carbocycles. The van der Waals surface area contributed by atoms with Crippen molar-refractivity contribution in [3.8, 4) is 11.5 Å². The van der Waals surface area contributed by atoms with Crippen LogP contribution in [0.3, 0.4) is 0 Å². The van der Waals surface area contributed by atoms with Crippen LogP contribution >= 0.6 is 0 Å². The van der Waals surface area contributed by atoms with E-state index in [-0.39, 0.29) is 6.79 Å². The van der Waals surface area contributed by atoms with Gasteiger partial charge in [0.1, 0.15) is 0 Å². The van der Waals surface area contributed by atoms with E-state index in [9.17, 15) is 4.79 Å². The summed E-state index contributed by atoms with van der Waals surface area (Å²) >= 11 is 0. The average molecular weight is 284 g/mol. The van der Waals surface area contributed by atoms with Crippen LogP contribution in [0.2, 0.25) is 0 Å². The second-order valence-electron chi connectivity index (χ2n) is 4.88. The minimum absolute atomic E-state index is 0.270. The lowest BCUT2D eigenvalue weighted by Gasteiger charge is -2.12. The predicted octanol–water partition coefficient (Wildman–Crippen LogP) is 2.43. The van der Waals surface area contributed by atoms with Gasteiger partial charge in [0.15, 0.2) is 11.5 Å². The number of carbonyl (C=O) groups excluding carboxylic acids is 1. The Morgan fingerprint density at radius 2 is 2.05 bits per heavy atom. The third kappa shape index (κ3) is 2.63. The fraction of sp³-hybridized carbons (Fsp3) is 0.188. The van der Waals surface area contributed by atoms with Gasteiger partial charge >= 0.3 is 0 Å². The number of nitrogens with two attached hydrogens (primary N) is 1. The molecule has 0 fully saturated rings. The Bertz CT molecular complexity index is 698. The van der Waals surface area contributed by atoms with Crippen molar-refractivity contribution in [1.29, 1.82) is 0 Å². The molecular formula is C16H16N2O3. The molecule has 5 nitrogen and oxygen atoms in total. The first-order valence-electron chi connectivity index (χ1n) is 6.67. The molecule has 21 heavy (non-hydrogen) atoms. The van der Waals surface area contributed by atoms with Crippen LogP contribution in [0.25, 0.3) is 0 Å². The minimum atomic E-state index is -0.417. The summed E-state index contributed by atoms with van der Waals surface area (Å²) in [6.45, 7) is 2.77. The maximum atomic E-state index is 11.3. The number of anilines is 1. The maximum Gasteiger partial charge on any atom is 0.249 e. The normalized spacial score (nSPS) is 12.2. The van der Waals surface area contributed by atoms with Gasteiger partial charge in [-0.2, -0.15) is 0 Å². The van der Waals surface area contributed by atoms with Crippen LogP contribution < -0.4 is 20.5 Å². The molecule has 0 radical (unpaired) electrons. The van der Waals surface area contributed by atoms with Crippen LogP contribution in [-0.2, 0) is 6.54 Å². The lowest BCUT2D eigenvalue weighted by Crippen LogP contribution is -2.13. The summed E-state index contributed by atoms with van der Waals surface area (Å²) < 4.78 is 10.6. The molecule has 2 aromatic rings. The van der Waals surface area contributed by atoms with E-state index in [0.29, 0.717) is 12.1 Å². The molecule has 0 aliphatic carbocycles. The summed E-state index contributed by atoms with van der Waals surface area (Å²) in [6, 6.07) is 11.3. The van der Waals surface area contributed by atoms with Crippen molar-refractivity contribution in [2.45, 2.75) is 13.5 Å². The predicted molar refractivity (Wildman–Crippen MR) is 79.6 cm³/mol. The van der Waals surface area contributed by atoms with Gasteiger partial charge in [-0.05, 0) is 42.3 Å². The first kappa shape index (κ1) is 13.3. The Labute approximate surface area is 122 Å². The van der Waals surface area contributed by atoms with E-state index in [2.05, 4.69) is 5.32 Å². The van der Waals surface area contributed by atoms with E-state index < -0.39 is 5.91 Å². The topological polar surface area (TPSA) is 73.6 Å². The van der Waals surface area contributed by atoms with Crippen molar-refractivity contribution in [2.75, 3.05) is 12.1 Å². The number of rotatable bonds is 4. The van der Waals surface area contributed by atoms with Crippen molar-refractivity contribution < 1.29 is 14.3 Å². The average Bonchev–Trinajstić information content (AvgIpc) is 2.93. The summed E-state index contributed by atoms with van der Waals surface area (Å²) in [5.74, 6) is 1.11. The van der Waals surface area contributed by atoms with Crippen LogP contribution in [0.1, 0.15) is 21.5 Å². The van der Waals surface area contributed by atoms with E-state index in [1.165, 1.54) is 0 Å². The number of primary amides is 1. The molecule has 0 saturated heterocycles. The number of carbonyl (C=O) groups is 1. The van der Waals surface area contributed by atoms with Gasteiger partial charge in [0, 0.05) is 17.8 Å². The summed E-state index contributed by atoms with van der Waals surface area (Å²) in [6.07, 6.45) is 0. The summed E-state index contributed by atoms with van der Waals surface area (Å²) in [7, 11) is 0. The highest BCUT2D eigenvalue weighted by molar-refractivity contribution is 5.95. The molecule has 1 heterocycles. The van der Waals surface area contributed by atoms with Gasteiger partial charge in [0.25, 0.3) is 0 Å². The number of ether oxygens (including phenoxy) is 2. The van der Waals surface area contributed by atoms with Crippen molar-refractivity contribution in [2.24, 2.45) is 5.73 Å². The van der Waals surface area contributed by atoms with E-state index in [4.69, 9.17) is 15.2 Å². The number of amides is 1. The maximum absolute atomic E-state index is 11.3. The summed E-state index contributed by atoms with van der Waals surface area (Å²) in [5.41, 5.74) is 8.71. The lowest BCUT2D eigenvalue weighted by atomic mass is 10.1. The van der Waals surface area contributed by atoms with Gasteiger partial charge in [0.2, 0.25) is 12.7 Å². The largest absolute Gasteiger partial charge is 0.454 e. The van der Waals surface area contributed by atoms with Crippen molar-refractivity contribution >= 4 is 11.6 Å².